The molecule has 0 fully saturated rings. The van der Waals surface area contributed by atoms with Crippen LogP contribution in [0.2, 0.25) is 0 Å². The average Bonchev–Trinajstić information content (AvgIpc) is 3.35. The number of imide groups is 1. The molecule has 3 amide bonds. The molecule has 1 N–H and O–H groups in total. The molecule has 4 rings (SSSR count). The van der Waals surface area contributed by atoms with Crippen LogP contribution in [0, 0.1) is 0 Å². The molecular weight excluding hydrogens is 416 g/mol. The van der Waals surface area contributed by atoms with E-state index >= 15 is 0 Å². The Morgan fingerprint density at radius 1 is 1.12 bits per heavy atom. The number of carbonyl (C=O) groups excluding carboxylic acids is 4. The number of hydrogen-bond donors (Lipinski definition) is 1. The van der Waals surface area contributed by atoms with Crippen LogP contribution in [0.1, 0.15) is 49.6 Å². The van der Waals surface area contributed by atoms with Gasteiger partial charge in [0.2, 0.25) is 6.79 Å². The van der Waals surface area contributed by atoms with Gasteiger partial charge in [-0.05, 0) is 42.8 Å². The molecule has 0 aromatic heterocycles. The summed E-state index contributed by atoms with van der Waals surface area (Å²) in [5.41, 5.74) is 1.21. The van der Waals surface area contributed by atoms with Crippen LogP contribution in [0.25, 0.3) is 0 Å². The van der Waals surface area contributed by atoms with Gasteiger partial charge in [0.25, 0.3) is 17.7 Å². The number of esters is 1. The molecule has 1 atom stereocenters. The Kier molecular flexibility index (Phi) is 5.63. The summed E-state index contributed by atoms with van der Waals surface area (Å²) in [5, 5.41) is 2.74. The van der Waals surface area contributed by atoms with Crippen LogP contribution >= 0.6 is 0 Å². The van der Waals surface area contributed by atoms with E-state index in [2.05, 4.69) is 11.9 Å². The fourth-order valence-electron chi connectivity index (χ4n) is 3.48. The second kappa shape index (κ2) is 8.54. The highest BCUT2D eigenvalue weighted by atomic mass is 16.7. The van der Waals surface area contributed by atoms with Gasteiger partial charge < -0.3 is 19.5 Å². The molecule has 0 saturated carbocycles. The second-order valence-electron chi connectivity index (χ2n) is 7.25. The van der Waals surface area contributed by atoms with Crippen LogP contribution in [0.5, 0.6) is 11.5 Å². The lowest BCUT2D eigenvalue weighted by molar-refractivity contribution is -0.124. The Morgan fingerprint density at radius 2 is 1.88 bits per heavy atom. The van der Waals surface area contributed by atoms with E-state index in [0.717, 1.165) is 10.5 Å². The maximum absolute atomic E-state index is 12.4. The maximum Gasteiger partial charge on any atom is 0.338 e. The van der Waals surface area contributed by atoms with Crippen molar-refractivity contribution in [3.05, 3.63) is 71.3 Å². The summed E-state index contributed by atoms with van der Waals surface area (Å²) in [6, 6.07) is 9.08. The van der Waals surface area contributed by atoms with Gasteiger partial charge in [-0.25, -0.2) is 4.79 Å². The first kappa shape index (κ1) is 21.1. The Hall–Kier alpha value is -4.14. The van der Waals surface area contributed by atoms with Crippen LogP contribution in [0.3, 0.4) is 0 Å². The van der Waals surface area contributed by atoms with Crippen LogP contribution < -0.4 is 14.8 Å². The molecule has 2 aromatic rings. The summed E-state index contributed by atoms with van der Waals surface area (Å²) < 4.78 is 15.7. The van der Waals surface area contributed by atoms with Crippen molar-refractivity contribution in [3.8, 4) is 11.5 Å². The highest BCUT2D eigenvalue weighted by Crippen LogP contribution is 2.34. The Balaban J connectivity index is 1.35. The number of benzene rings is 2. The third kappa shape index (κ3) is 3.92. The lowest BCUT2D eigenvalue weighted by atomic mass is 10.1. The van der Waals surface area contributed by atoms with Gasteiger partial charge in [-0.2, -0.15) is 0 Å². The van der Waals surface area contributed by atoms with Crippen LogP contribution in [0.4, 0.5) is 0 Å². The fourth-order valence-corrected chi connectivity index (χ4v) is 3.48. The first-order valence-corrected chi connectivity index (χ1v) is 9.86. The topological polar surface area (TPSA) is 111 Å². The summed E-state index contributed by atoms with van der Waals surface area (Å²) in [4.78, 5) is 50.3. The number of carbonyl (C=O) groups is 4. The minimum Gasteiger partial charge on any atom is -0.454 e. The molecule has 164 valence electrons. The molecule has 0 bridgehead atoms. The van der Waals surface area contributed by atoms with E-state index in [0.29, 0.717) is 11.5 Å². The molecule has 0 saturated heterocycles. The monoisotopic (exact) mass is 436 g/mol. The van der Waals surface area contributed by atoms with E-state index in [9.17, 15) is 19.2 Å². The normalized spacial score (nSPS) is 14.7. The van der Waals surface area contributed by atoms with E-state index in [4.69, 9.17) is 14.2 Å². The molecule has 0 radical (unpaired) electrons. The summed E-state index contributed by atoms with van der Waals surface area (Å²) >= 11 is 0. The second-order valence-corrected chi connectivity index (χ2v) is 7.25. The van der Waals surface area contributed by atoms with Gasteiger partial charge in [-0.3, -0.25) is 19.3 Å². The zero-order chi connectivity index (χ0) is 22.8. The highest BCUT2D eigenvalue weighted by molar-refractivity contribution is 6.22. The lowest BCUT2D eigenvalue weighted by Gasteiger charge is -2.15. The number of nitrogens with one attached hydrogen (secondary N) is 1. The number of ether oxygens (including phenoxy) is 3. The third-order valence-electron chi connectivity index (χ3n) is 5.13. The predicted molar refractivity (Wildman–Crippen MR) is 111 cm³/mol. The van der Waals surface area contributed by atoms with Gasteiger partial charge in [0.15, 0.2) is 18.1 Å². The SMILES string of the molecule is C=CCN1C(=O)c2ccc(C(=O)OCC(=O)NC(C)c3ccc4c(c3)OCO4)cc2C1=O. The number of amides is 3. The highest BCUT2D eigenvalue weighted by Gasteiger charge is 2.35. The van der Waals surface area contributed by atoms with Gasteiger partial charge >= 0.3 is 5.97 Å². The van der Waals surface area contributed by atoms with E-state index in [1.54, 1.807) is 19.1 Å². The molecule has 2 aromatic carbocycles. The average molecular weight is 436 g/mol. The van der Waals surface area contributed by atoms with Crippen molar-refractivity contribution in [1.29, 1.82) is 0 Å². The zero-order valence-corrected chi connectivity index (χ0v) is 17.3. The smallest absolute Gasteiger partial charge is 0.338 e. The largest absolute Gasteiger partial charge is 0.454 e. The molecule has 2 aliphatic heterocycles. The van der Waals surface area contributed by atoms with Gasteiger partial charge in [-0.1, -0.05) is 12.1 Å². The molecule has 9 nitrogen and oxygen atoms in total. The Labute approximate surface area is 183 Å². The van der Waals surface area contributed by atoms with Gasteiger partial charge in [0, 0.05) is 6.54 Å². The quantitative estimate of drug-likeness (QED) is 0.402. The standard InChI is InChI=1S/C23H20N2O7/c1-3-8-25-21(27)16-6-4-15(9-17(16)22(25)28)23(29)30-11-20(26)24-13(2)14-5-7-18-19(10-14)32-12-31-18/h3-7,9-10,13H,1,8,11-12H2,2H3,(H,24,26). The number of rotatable bonds is 7. The van der Waals surface area contributed by atoms with Crippen molar-refractivity contribution in [1.82, 2.24) is 10.2 Å². The summed E-state index contributed by atoms with van der Waals surface area (Å²) in [6.07, 6.45) is 1.44. The molecule has 9 heteroatoms. The predicted octanol–water partition coefficient (Wildman–Crippen LogP) is 2.23. The van der Waals surface area contributed by atoms with Gasteiger partial charge in [-0.15, -0.1) is 6.58 Å². The number of hydrogen-bond acceptors (Lipinski definition) is 7. The first-order valence-electron chi connectivity index (χ1n) is 9.86. The summed E-state index contributed by atoms with van der Waals surface area (Å²) in [6.45, 7) is 5.05. The van der Waals surface area contributed by atoms with Gasteiger partial charge in [0.05, 0.1) is 22.7 Å². The van der Waals surface area contributed by atoms with Crippen molar-refractivity contribution < 1.29 is 33.4 Å². The summed E-state index contributed by atoms with van der Waals surface area (Å²) in [7, 11) is 0. The minimum absolute atomic E-state index is 0.0713. The van der Waals surface area contributed by atoms with Crippen molar-refractivity contribution in [2.24, 2.45) is 0 Å². The Bertz CT molecular complexity index is 1140. The minimum atomic E-state index is -0.777. The molecule has 2 aliphatic rings. The van der Waals surface area contributed by atoms with E-state index in [1.165, 1.54) is 24.3 Å². The van der Waals surface area contributed by atoms with Crippen LogP contribution in [0.15, 0.2) is 49.1 Å². The van der Waals surface area contributed by atoms with Crippen molar-refractivity contribution in [2.75, 3.05) is 19.9 Å². The van der Waals surface area contributed by atoms with Crippen molar-refractivity contribution in [3.63, 3.8) is 0 Å². The van der Waals surface area contributed by atoms with E-state index < -0.39 is 30.3 Å². The number of nitrogens with zero attached hydrogens (tertiary/aromatic N) is 1. The zero-order valence-electron chi connectivity index (χ0n) is 17.3. The van der Waals surface area contributed by atoms with Crippen LogP contribution in [-0.4, -0.2) is 48.5 Å². The van der Waals surface area contributed by atoms with Gasteiger partial charge in [0.1, 0.15) is 0 Å². The third-order valence-corrected chi connectivity index (χ3v) is 5.13. The lowest BCUT2D eigenvalue weighted by Crippen LogP contribution is -2.31. The Morgan fingerprint density at radius 3 is 2.66 bits per heavy atom. The molecular formula is C23H20N2O7. The first-order chi connectivity index (χ1) is 15.4. The summed E-state index contributed by atoms with van der Waals surface area (Å²) in [5.74, 6) is -0.972. The fraction of sp³-hybridized carbons (Fsp3) is 0.217. The van der Waals surface area contributed by atoms with E-state index in [1.807, 2.05) is 6.07 Å². The number of fused-ring (bicyclic) bond motifs is 2. The molecule has 1 unspecified atom stereocenters. The molecule has 0 spiro atoms. The van der Waals surface area contributed by atoms with Crippen molar-refractivity contribution >= 4 is 23.7 Å². The van der Waals surface area contributed by atoms with Crippen molar-refractivity contribution in [2.45, 2.75) is 13.0 Å². The van der Waals surface area contributed by atoms with E-state index in [-0.39, 0.29) is 36.1 Å². The molecule has 2 heterocycles. The molecule has 0 aliphatic carbocycles. The maximum atomic E-state index is 12.4. The molecule has 32 heavy (non-hydrogen) atoms. The van der Waals surface area contributed by atoms with Crippen LogP contribution in [-0.2, 0) is 9.53 Å².